The molecule has 1 fully saturated rings. The molecular weight excluding hydrogens is 174 g/mol. The minimum atomic E-state index is 0.403. The molecule has 1 atom stereocenters. The maximum absolute atomic E-state index is 5.77. The molecule has 1 rings (SSSR count). The molecule has 0 aromatic rings. The van der Waals surface area contributed by atoms with Crippen LogP contribution in [0.3, 0.4) is 0 Å². The van der Waals surface area contributed by atoms with Gasteiger partial charge in [-0.05, 0) is 25.7 Å². The molecule has 1 aliphatic rings. The van der Waals surface area contributed by atoms with Gasteiger partial charge in [0.2, 0.25) is 0 Å². The van der Waals surface area contributed by atoms with E-state index in [4.69, 9.17) is 4.74 Å². The van der Waals surface area contributed by atoms with Gasteiger partial charge in [-0.2, -0.15) is 0 Å². The van der Waals surface area contributed by atoms with Gasteiger partial charge in [0, 0.05) is 12.6 Å². The number of ether oxygens (including phenoxy) is 1. The number of hydrogen-bond donors (Lipinski definition) is 1. The zero-order chi connectivity index (χ0) is 10.2. The third-order valence-corrected chi connectivity index (χ3v) is 2.50. The number of nitrogens with one attached hydrogen (secondary N) is 1. The van der Waals surface area contributed by atoms with E-state index in [0.29, 0.717) is 6.10 Å². The van der Waals surface area contributed by atoms with E-state index in [-0.39, 0.29) is 0 Å². The molecule has 0 aliphatic heterocycles. The third kappa shape index (κ3) is 5.40. The van der Waals surface area contributed by atoms with E-state index in [1.807, 2.05) is 6.08 Å². The lowest BCUT2D eigenvalue weighted by Gasteiger charge is -2.17. The highest BCUT2D eigenvalue weighted by Gasteiger charge is 2.21. The molecular formula is C12H23NO. The Morgan fingerprint density at radius 1 is 1.57 bits per heavy atom. The highest BCUT2D eigenvalue weighted by molar-refractivity contribution is 4.82. The Labute approximate surface area is 87.7 Å². The first-order valence-electron chi connectivity index (χ1n) is 5.82. The van der Waals surface area contributed by atoms with Crippen molar-refractivity contribution in [3.63, 3.8) is 0 Å². The summed E-state index contributed by atoms with van der Waals surface area (Å²) in [5.41, 5.74) is 0. The summed E-state index contributed by atoms with van der Waals surface area (Å²) in [5.74, 6) is 0. The summed E-state index contributed by atoms with van der Waals surface area (Å²) in [6, 6.07) is 0.789. The van der Waals surface area contributed by atoms with Crippen LogP contribution in [0.1, 0.15) is 39.0 Å². The van der Waals surface area contributed by atoms with Gasteiger partial charge in [-0.25, -0.2) is 0 Å². The zero-order valence-corrected chi connectivity index (χ0v) is 9.30. The summed E-state index contributed by atoms with van der Waals surface area (Å²) in [6.45, 7) is 7.74. The van der Waals surface area contributed by atoms with Gasteiger partial charge < -0.3 is 10.1 Å². The Kier molecular flexibility index (Phi) is 5.88. The van der Waals surface area contributed by atoms with Gasteiger partial charge in [-0.15, -0.1) is 6.58 Å². The molecule has 1 N–H and O–H groups in total. The molecule has 1 aliphatic carbocycles. The molecule has 82 valence electrons. The highest BCUT2D eigenvalue weighted by Crippen LogP contribution is 2.18. The van der Waals surface area contributed by atoms with Crippen LogP contribution in [-0.2, 0) is 4.74 Å². The summed E-state index contributed by atoms with van der Waals surface area (Å²) >= 11 is 0. The van der Waals surface area contributed by atoms with Crippen molar-refractivity contribution in [3.05, 3.63) is 12.7 Å². The van der Waals surface area contributed by atoms with Gasteiger partial charge in [0.15, 0.2) is 0 Å². The van der Waals surface area contributed by atoms with Crippen LogP contribution >= 0.6 is 0 Å². The monoisotopic (exact) mass is 197 g/mol. The van der Waals surface area contributed by atoms with Crippen LogP contribution in [0.2, 0.25) is 0 Å². The molecule has 0 heterocycles. The fourth-order valence-electron chi connectivity index (χ4n) is 1.47. The van der Waals surface area contributed by atoms with Gasteiger partial charge in [-0.1, -0.05) is 19.4 Å². The average molecular weight is 197 g/mol. The first kappa shape index (κ1) is 11.7. The van der Waals surface area contributed by atoms with Crippen molar-refractivity contribution in [3.8, 4) is 0 Å². The minimum absolute atomic E-state index is 0.403. The standard InChI is InChI=1S/C12H23NO/c1-3-5-9-14-12(6-4-2)10-13-11-7-8-11/h3,11-13H,1,4-10H2,2H3. The molecule has 0 bridgehead atoms. The predicted octanol–water partition coefficient (Wildman–Crippen LogP) is 2.50. The molecule has 0 aromatic heterocycles. The van der Waals surface area contributed by atoms with E-state index in [9.17, 15) is 0 Å². The normalized spacial score (nSPS) is 18.1. The van der Waals surface area contributed by atoms with E-state index >= 15 is 0 Å². The van der Waals surface area contributed by atoms with Crippen molar-refractivity contribution >= 4 is 0 Å². The largest absolute Gasteiger partial charge is 0.377 e. The fourth-order valence-corrected chi connectivity index (χ4v) is 1.47. The Morgan fingerprint density at radius 3 is 2.93 bits per heavy atom. The Balaban J connectivity index is 2.05. The van der Waals surface area contributed by atoms with E-state index in [1.165, 1.54) is 19.3 Å². The molecule has 14 heavy (non-hydrogen) atoms. The molecule has 1 saturated carbocycles. The second kappa shape index (κ2) is 7.02. The van der Waals surface area contributed by atoms with E-state index in [1.54, 1.807) is 0 Å². The highest BCUT2D eigenvalue weighted by atomic mass is 16.5. The average Bonchev–Trinajstić information content (AvgIpc) is 2.98. The molecule has 0 aromatic carbocycles. The van der Waals surface area contributed by atoms with Gasteiger partial charge in [0.1, 0.15) is 0 Å². The fraction of sp³-hybridized carbons (Fsp3) is 0.833. The Bertz CT molecular complexity index is 154. The second-order valence-electron chi connectivity index (χ2n) is 4.04. The summed E-state index contributed by atoms with van der Waals surface area (Å²) in [4.78, 5) is 0. The van der Waals surface area contributed by atoms with Crippen molar-refractivity contribution < 1.29 is 4.74 Å². The van der Waals surface area contributed by atoms with Crippen LogP contribution in [0, 0.1) is 0 Å². The lowest BCUT2D eigenvalue weighted by atomic mass is 10.2. The van der Waals surface area contributed by atoms with E-state index in [2.05, 4.69) is 18.8 Å². The molecule has 0 saturated heterocycles. The maximum Gasteiger partial charge on any atom is 0.0699 e. The summed E-state index contributed by atoms with van der Waals surface area (Å²) in [7, 11) is 0. The van der Waals surface area contributed by atoms with E-state index < -0.39 is 0 Å². The number of rotatable bonds is 9. The number of hydrogen-bond acceptors (Lipinski definition) is 2. The quantitative estimate of drug-likeness (QED) is 0.453. The first-order valence-corrected chi connectivity index (χ1v) is 5.82. The van der Waals surface area contributed by atoms with Crippen molar-refractivity contribution in [2.45, 2.75) is 51.2 Å². The minimum Gasteiger partial charge on any atom is -0.377 e. The third-order valence-electron chi connectivity index (χ3n) is 2.50. The first-order chi connectivity index (χ1) is 6.86. The Morgan fingerprint density at radius 2 is 2.36 bits per heavy atom. The van der Waals surface area contributed by atoms with Crippen molar-refractivity contribution in [2.24, 2.45) is 0 Å². The molecule has 0 radical (unpaired) electrons. The molecule has 0 amide bonds. The van der Waals surface area contributed by atoms with Crippen molar-refractivity contribution in [1.82, 2.24) is 5.32 Å². The van der Waals surface area contributed by atoms with Gasteiger partial charge in [-0.3, -0.25) is 0 Å². The van der Waals surface area contributed by atoms with Crippen molar-refractivity contribution in [1.29, 1.82) is 0 Å². The van der Waals surface area contributed by atoms with Crippen LogP contribution in [0.25, 0.3) is 0 Å². The zero-order valence-electron chi connectivity index (χ0n) is 9.30. The van der Waals surface area contributed by atoms with Crippen LogP contribution in [0.15, 0.2) is 12.7 Å². The van der Waals surface area contributed by atoms with Gasteiger partial charge >= 0.3 is 0 Å². The molecule has 2 heteroatoms. The SMILES string of the molecule is C=CCCOC(CCC)CNC1CC1. The maximum atomic E-state index is 5.77. The predicted molar refractivity (Wildman–Crippen MR) is 60.5 cm³/mol. The topological polar surface area (TPSA) is 21.3 Å². The molecule has 0 spiro atoms. The lowest BCUT2D eigenvalue weighted by molar-refractivity contribution is 0.0499. The van der Waals surface area contributed by atoms with Gasteiger partial charge in [0.25, 0.3) is 0 Å². The summed E-state index contributed by atoms with van der Waals surface area (Å²) < 4.78 is 5.77. The molecule has 2 nitrogen and oxygen atoms in total. The van der Waals surface area contributed by atoms with Crippen LogP contribution < -0.4 is 5.32 Å². The van der Waals surface area contributed by atoms with Crippen LogP contribution in [-0.4, -0.2) is 25.3 Å². The summed E-state index contributed by atoms with van der Waals surface area (Å²) in [5, 5.41) is 3.52. The van der Waals surface area contributed by atoms with Crippen LogP contribution in [0.4, 0.5) is 0 Å². The lowest BCUT2D eigenvalue weighted by Crippen LogP contribution is -2.30. The smallest absolute Gasteiger partial charge is 0.0699 e. The molecule has 1 unspecified atom stereocenters. The Hall–Kier alpha value is -0.340. The second-order valence-corrected chi connectivity index (χ2v) is 4.04. The van der Waals surface area contributed by atoms with Crippen molar-refractivity contribution in [2.75, 3.05) is 13.2 Å². The van der Waals surface area contributed by atoms with Crippen LogP contribution in [0.5, 0.6) is 0 Å². The van der Waals surface area contributed by atoms with E-state index in [0.717, 1.165) is 32.0 Å². The van der Waals surface area contributed by atoms with Gasteiger partial charge in [0.05, 0.1) is 12.7 Å². The summed E-state index contributed by atoms with van der Waals surface area (Å²) in [6.07, 6.45) is 8.35.